The molecule has 0 spiro atoms. The first-order valence-corrected chi connectivity index (χ1v) is 8.94. The maximum Gasteiger partial charge on any atom is 0.272 e. The van der Waals surface area contributed by atoms with Crippen molar-refractivity contribution in [2.75, 3.05) is 18.0 Å². The smallest absolute Gasteiger partial charge is 0.272 e. The number of thiazole rings is 1. The van der Waals surface area contributed by atoms with E-state index < -0.39 is 0 Å². The van der Waals surface area contributed by atoms with Crippen molar-refractivity contribution in [2.24, 2.45) is 0 Å². The number of carbonyl (C=O) groups excluding carboxylic acids is 1. The lowest BCUT2D eigenvalue weighted by molar-refractivity contribution is 0.0928. The molecule has 1 aliphatic rings. The van der Waals surface area contributed by atoms with Crippen molar-refractivity contribution < 1.29 is 4.79 Å². The molecule has 1 aromatic carbocycles. The summed E-state index contributed by atoms with van der Waals surface area (Å²) in [6.45, 7) is 3.62. The SMILES string of the molecule is Cc1[nH]cnc1C(=O)N[C@H]1CCCN(c2nc3ccccc3s2)C1. The summed E-state index contributed by atoms with van der Waals surface area (Å²) in [4.78, 5) is 26.4. The number of amides is 1. The third-order valence-electron chi connectivity index (χ3n) is 4.35. The topological polar surface area (TPSA) is 73.9 Å². The van der Waals surface area contributed by atoms with Crippen molar-refractivity contribution in [2.45, 2.75) is 25.8 Å². The first kappa shape index (κ1) is 15.1. The van der Waals surface area contributed by atoms with Crippen molar-refractivity contribution in [3.8, 4) is 0 Å². The fraction of sp³-hybridized carbons (Fsp3) is 0.353. The molecule has 0 unspecified atom stereocenters. The van der Waals surface area contributed by atoms with Crippen LogP contribution in [0, 0.1) is 6.92 Å². The zero-order valence-electron chi connectivity index (χ0n) is 13.5. The van der Waals surface area contributed by atoms with Gasteiger partial charge in [0, 0.05) is 24.8 Å². The Morgan fingerprint density at radius 1 is 1.42 bits per heavy atom. The molecule has 7 heteroatoms. The molecule has 0 radical (unpaired) electrons. The molecule has 124 valence electrons. The fourth-order valence-electron chi connectivity index (χ4n) is 3.11. The van der Waals surface area contributed by atoms with E-state index in [2.05, 4.69) is 26.3 Å². The maximum absolute atomic E-state index is 12.4. The van der Waals surface area contributed by atoms with E-state index in [-0.39, 0.29) is 11.9 Å². The summed E-state index contributed by atoms with van der Waals surface area (Å²) in [5, 5.41) is 4.14. The van der Waals surface area contributed by atoms with Crippen molar-refractivity contribution >= 4 is 32.6 Å². The Labute approximate surface area is 143 Å². The Morgan fingerprint density at radius 2 is 2.29 bits per heavy atom. The molecule has 2 aromatic heterocycles. The molecule has 3 aromatic rings. The highest BCUT2D eigenvalue weighted by Gasteiger charge is 2.25. The van der Waals surface area contributed by atoms with E-state index in [0.717, 1.165) is 42.3 Å². The Hall–Kier alpha value is -2.41. The molecule has 4 rings (SSSR count). The zero-order chi connectivity index (χ0) is 16.5. The molecule has 1 aliphatic heterocycles. The van der Waals surface area contributed by atoms with E-state index >= 15 is 0 Å². The third-order valence-corrected chi connectivity index (χ3v) is 5.45. The molecule has 3 heterocycles. The van der Waals surface area contributed by atoms with Crippen LogP contribution in [0.25, 0.3) is 10.2 Å². The second kappa shape index (κ2) is 6.24. The second-order valence-electron chi connectivity index (χ2n) is 6.10. The number of anilines is 1. The number of nitrogens with one attached hydrogen (secondary N) is 2. The summed E-state index contributed by atoms with van der Waals surface area (Å²) in [6.07, 6.45) is 3.58. The highest BCUT2D eigenvalue weighted by atomic mass is 32.1. The highest BCUT2D eigenvalue weighted by Crippen LogP contribution is 2.30. The molecule has 0 bridgehead atoms. The number of aryl methyl sites for hydroxylation is 1. The number of carbonyl (C=O) groups is 1. The average molecular weight is 341 g/mol. The molecule has 1 saturated heterocycles. The van der Waals surface area contributed by atoms with Crippen molar-refractivity contribution in [1.82, 2.24) is 20.3 Å². The fourth-order valence-corrected chi connectivity index (χ4v) is 4.11. The average Bonchev–Trinajstić information content (AvgIpc) is 3.21. The van der Waals surface area contributed by atoms with Crippen LogP contribution in [0.2, 0.25) is 0 Å². The molecule has 1 fully saturated rings. The number of para-hydroxylation sites is 1. The van der Waals surface area contributed by atoms with E-state index in [1.165, 1.54) is 4.70 Å². The Morgan fingerprint density at radius 3 is 3.08 bits per heavy atom. The van der Waals surface area contributed by atoms with Gasteiger partial charge in [0.25, 0.3) is 5.91 Å². The van der Waals surface area contributed by atoms with Crippen LogP contribution in [0.15, 0.2) is 30.6 Å². The van der Waals surface area contributed by atoms with Crippen molar-refractivity contribution in [1.29, 1.82) is 0 Å². The quantitative estimate of drug-likeness (QED) is 0.768. The number of hydrogen-bond acceptors (Lipinski definition) is 5. The zero-order valence-corrected chi connectivity index (χ0v) is 14.3. The summed E-state index contributed by atoms with van der Waals surface area (Å²) in [5.74, 6) is -0.107. The second-order valence-corrected chi connectivity index (χ2v) is 7.11. The lowest BCUT2D eigenvalue weighted by Gasteiger charge is -2.32. The number of imidazole rings is 1. The van der Waals surface area contributed by atoms with Gasteiger partial charge in [-0.05, 0) is 31.9 Å². The minimum Gasteiger partial charge on any atom is -0.348 e. The van der Waals surface area contributed by atoms with Gasteiger partial charge >= 0.3 is 0 Å². The van der Waals surface area contributed by atoms with Crippen molar-refractivity contribution in [3.63, 3.8) is 0 Å². The number of H-pyrrole nitrogens is 1. The molecule has 1 atom stereocenters. The largest absolute Gasteiger partial charge is 0.348 e. The van der Waals surface area contributed by atoms with Gasteiger partial charge < -0.3 is 15.2 Å². The van der Waals surface area contributed by atoms with Crippen LogP contribution in [0.4, 0.5) is 5.13 Å². The molecule has 0 aliphatic carbocycles. The molecule has 1 amide bonds. The van der Waals surface area contributed by atoms with Crippen LogP contribution in [-0.2, 0) is 0 Å². The standard InChI is InChI=1S/C17H19N5OS/c1-11-15(19-10-18-11)16(23)20-12-5-4-8-22(9-12)17-21-13-6-2-3-7-14(13)24-17/h2-3,6-7,10,12H,4-5,8-9H2,1H3,(H,18,19)(H,20,23)/t12-/m0/s1. The van der Waals surface area contributed by atoms with Crippen LogP contribution in [0.3, 0.4) is 0 Å². The number of aromatic amines is 1. The van der Waals surface area contributed by atoms with Crippen LogP contribution in [0.5, 0.6) is 0 Å². The normalized spacial score (nSPS) is 18.0. The number of nitrogens with zero attached hydrogens (tertiary/aromatic N) is 3. The predicted molar refractivity (Wildman–Crippen MR) is 95.6 cm³/mol. The van der Waals surface area contributed by atoms with Gasteiger partial charge in [0.2, 0.25) is 0 Å². The summed E-state index contributed by atoms with van der Waals surface area (Å²) < 4.78 is 1.20. The number of benzene rings is 1. The molecular formula is C17H19N5OS. The van der Waals surface area contributed by atoms with Gasteiger partial charge in [-0.1, -0.05) is 23.5 Å². The number of fused-ring (bicyclic) bond motifs is 1. The van der Waals surface area contributed by atoms with E-state index in [0.29, 0.717) is 5.69 Å². The summed E-state index contributed by atoms with van der Waals surface area (Å²) in [7, 11) is 0. The highest BCUT2D eigenvalue weighted by molar-refractivity contribution is 7.22. The number of aromatic nitrogens is 3. The van der Waals surface area contributed by atoms with E-state index in [4.69, 9.17) is 4.98 Å². The Balaban J connectivity index is 1.47. The molecule has 0 saturated carbocycles. The first-order chi connectivity index (χ1) is 11.7. The number of hydrogen-bond donors (Lipinski definition) is 2. The monoisotopic (exact) mass is 341 g/mol. The van der Waals surface area contributed by atoms with Crippen molar-refractivity contribution in [3.05, 3.63) is 42.0 Å². The molecule has 6 nitrogen and oxygen atoms in total. The molecule has 24 heavy (non-hydrogen) atoms. The van der Waals surface area contributed by atoms with Crippen LogP contribution in [0.1, 0.15) is 29.0 Å². The van der Waals surface area contributed by atoms with Gasteiger partial charge in [0.1, 0.15) is 5.69 Å². The van der Waals surface area contributed by atoms with Crippen LogP contribution < -0.4 is 10.2 Å². The van der Waals surface area contributed by atoms with Crippen LogP contribution in [-0.4, -0.2) is 40.0 Å². The first-order valence-electron chi connectivity index (χ1n) is 8.12. The number of piperidine rings is 1. The van der Waals surface area contributed by atoms with Gasteiger partial charge in [0.15, 0.2) is 5.13 Å². The lowest BCUT2D eigenvalue weighted by atomic mass is 10.1. The molecule has 2 N–H and O–H groups in total. The van der Waals surface area contributed by atoms with Gasteiger partial charge in [-0.2, -0.15) is 0 Å². The Kier molecular flexibility index (Phi) is 3.93. The minimum atomic E-state index is -0.107. The maximum atomic E-state index is 12.4. The summed E-state index contributed by atoms with van der Waals surface area (Å²) >= 11 is 1.71. The van der Waals surface area contributed by atoms with Gasteiger partial charge in [-0.25, -0.2) is 9.97 Å². The van der Waals surface area contributed by atoms with E-state index in [1.54, 1.807) is 17.7 Å². The van der Waals surface area contributed by atoms with E-state index in [1.807, 2.05) is 25.1 Å². The molecular weight excluding hydrogens is 322 g/mol. The van der Waals surface area contributed by atoms with Crippen LogP contribution >= 0.6 is 11.3 Å². The predicted octanol–water partition coefficient (Wildman–Crippen LogP) is 2.73. The number of rotatable bonds is 3. The Bertz CT molecular complexity index is 838. The summed E-state index contributed by atoms with van der Waals surface area (Å²) in [6, 6.07) is 8.31. The minimum absolute atomic E-state index is 0.107. The van der Waals surface area contributed by atoms with Gasteiger partial charge in [0.05, 0.1) is 16.5 Å². The lowest BCUT2D eigenvalue weighted by Crippen LogP contribution is -2.48. The van der Waals surface area contributed by atoms with E-state index in [9.17, 15) is 4.79 Å². The third kappa shape index (κ3) is 2.87. The summed E-state index contributed by atoms with van der Waals surface area (Å²) in [5.41, 5.74) is 2.31. The van der Waals surface area contributed by atoms with Gasteiger partial charge in [-0.3, -0.25) is 4.79 Å². The van der Waals surface area contributed by atoms with Gasteiger partial charge in [-0.15, -0.1) is 0 Å².